The molecule has 1 heterocycles. The van der Waals surface area contributed by atoms with Crippen molar-refractivity contribution < 1.29 is 14.3 Å². The topological polar surface area (TPSA) is 84.1 Å². The summed E-state index contributed by atoms with van der Waals surface area (Å²) in [6.07, 6.45) is 19.5. The highest BCUT2D eigenvalue weighted by Gasteiger charge is 2.25. The number of carbonyl (C=O) groups excluding carboxylic acids is 2. The first kappa shape index (κ1) is 18.4. The van der Waals surface area contributed by atoms with E-state index in [0.717, 1.165) is 0 Å². The lowest BCUT2D eigenvalue weighted by molar-refractivity contribution is -0.142. The summed E-state index contributed by atoms with van der Waals surface area (Å²) in [5.74, 6) is 6.03. The van der Waals surface area contributed by atoms with Crippen LogP contribution in [0, 0.1) is 37.0 Å². The van der Waals surface area contributed by atoms with E-state index in [1.54, 1.807) is 6.20 Å². The third-order valence-electron chi connectivity index (χ3n) is 3.61. The summed E-state index contributed by atoms with van der Waals surface area (Å²) < 4.78 is 4.75. The van der Waals surface area contributed by atoms with E-state index in [2.05, 4.69) is 33.0 Å². The van der Waals surface area contributed by atoms with Gasteiger partial charge in [0.15, 0.2) is 0 Å². The molecule has 0 fully saturated rings. The molecule has 0 aliphatic carbocycles. The summed E-state index contributed by atoms with van der Waals surface area (Å²) in [6.45, 7) is 0. The lowest BCUT2D eigenvalue weighted by Gasteiger charge is -2.17. The zero-order valence-electron chi connectivity index (χ0n) is 14.0. The molecule has 0 aliphatic rings. The highest BCUT2D eigenvalue weighted by atomic mass is 16.5. The lowest BCUT2D eigenvalue weighted by atomic mass is 9.97. The van der Waals surface area contributed by atoms with Crippen LogP contribution in [0.15, 0.2) is 24.7 Å². The van der Waals surface area contributed by atoms with E-state index in [1.807, 2.05) is 0 Å². The quantitative estimate of drug-likeness (QED) is 0.622. The number of hydrogen-bond acceptors (Lipinski definition) is 4. The molecule has 0 bridgehead atoms. The van der Waals surface area contributed by atoms with Crippen LogP contribution in [0.25, 0.3) is 0 Å². The lowest BCUT2D eigenvalue weighted by Crippen LogP contribution is -2.43. The summed E-state index contributed by atoms with van der Waals surface area (Å²) in [4.78, 5) is 31.6. The first-order valence-electron chi connectivity index (χ1n) is 7.47. The Labute approximate surface area is 151 Å². The highest BCUT2D eigenvalue weighted by molar-refractivity contribution is 6.01. The predicted molar refractivity (Wildman–Crippen MR) is 95.8 cm³/mol. The summed E-state index contributed by atoms with van der Waals surface area (Å²) in [5.41, 5.74) is 1.71. The second kappa shape index (κ2) is 8.24. The van der Waals surface area contributed by atoms with Gasteiger partial charge >= 0.3 is 5.97 Å². The van der Waals surface area contributed by atoms with Crippen molar-refractivity contribution in [2.75, 3.05) is 7.11 Å². The maximum atomic E-state index is 12.8. The van der Waals surface area contributed by atoms with Crippen LogP contribution >= 0.6 is 0 Å². The number of esters is 1. The molecule has 2 rings (SSSR count). The second-order valence-corrected chi connectivity index (χ2v) is 5.21. The Morgan fingerprint density at radius 1 is 1.23 bits per heavy atom. The van der Waals surface area contributed by atoms with E-state index in [0.29, 0.717) is 11.3 Å². The van der Waals surface area contributed by atoms with Gasteiger partial charge in [-0.15, -0.1) is 19.3 Å². The molecule has 0 radical (unpaired) electrons. The van der Waals surface area contributed by atoms with Crippen molar-refractivity contribution in [2.45, 2.75) is 12.5 Å². The van der Waals surface area contributed by atoms with Gasteiger partial charge in [-0.1, -0.05) is 17.8 Å². The van der Waals surface area contributed by atoms with Crippen molar-refractivity contribution in [1.29, 1.82) is 0 Å². The molecular formula is C20H15N3O3. The number of hydrogen-bond donors (Lipinski definition) is 2. The molecule has 6 heteroatoms. The van der Waals surface area contributed by atoms with Crippen molar-refractivity contribution in [1.82, 2.24) is 15.3 Å². The Hall–Kier alpha value is -3.95. The number of methoxy groups -OCH3 is 1. The molecule has 0 saturated carbocycles. The first-order chi connectivity index (χ1) is 12.5. The fourth-order valence-electron chi connectivity index (χ4n) is 2.38. The molecule has 1 aromatic carbocycles. The van der Waals surface area contributed by atoms with Crippen LogP contribution in [0.5, 0.6) is 0 Å². The fourth-order valence-corrected chi connectivity index (χ4v) is 2.38. The van der Waals surface area contributed by atoms with Crippen LogP contribution in [-0.2, 0) is 16.0 Å². The average molecular weight is 345 g/mol. The van der Waals surface area contributed by atoms with Crippen molar-refractivity contribution in [3.63, 3.8) is 0 Å². The standard InChI is InChI=1S/C20H15N3O3/c1-5-13-8-14(6-2)18(15(7-3)9-13)19(24)23-17(20(25)26-4)10-16-11-21-12-22-16/h1-3,8-9,11-12,17H,10H2,4H3,(H,21,22)(H,23,24)/t17-/m1/s1. The van der Waals surface area contributed by atoms with E-state index in [4.69, 9.17) is 24.0 Å². The number of amides is 1. The van der Waals surface area contributed by atoms with Gasteiger partial charge in [0.2, 0.25) is 0 Å². The maximum absolute atomic E-state index is 12.8. The van der Waals surface area contributed by atoms with E-state index >= 15 is 0 Å². The molecule has 0 spiro atoms. The summed E-state index contributed by atoms with van der Waals surface area (Å²) >= 11 is 0. The Morgan fingerprint density at radius 3 is 2.35 bits per heavy atom. The van der Waals surface area contributed by atoms with E-state index in [-0.39, 0.29) is 23.1 Å². The molecule has 0 saturated heterocycles. The molecule has 128 valence electrons. The van der Waals surface area contributed by atoms with Gasteiger partial charge in [0, 0.05) is 35.0 Å². The number of aromatic nitrogens is 2. The Kier molecular flexibility index (Phi) is 5.83. The molecule has 0 aliphatic heterocycles. The molecule has 1 atom stereocenters. The van der Waals surface area contributed by atoms with Crippen molar-refractivity contribution >= 4 is 11.9 Å². The van der Waals surface area contributed by atoms with Crippen LogP contribution < -0.4 is 5.32 Å². The number of benzene rings is 1. The molecule has 0 unspecified atom stereocenters. The fraction of sp³-hybridized carbons (Fsp3) is 0.150. The van der Waals surface area contributed by atoms with Crippen LogP contribution in [0.3, 0.4) is 0 Å². The largest absolute Gasteiger partial charge is 0.467 e. The summed E-state index contributed by atoms with van der Waals surface area (Å²) in [6, 6.07) is 2.08. The van der Waals surface area contributed by atoms with Gasteiger partial charge in [-0.3, -0.25) is 4.79 Å². The summed E-state index contributed by atoms with van der Waals surface area (Å²) in [5, 5.41) is 2.61. The van der Waals surface area contributed by atoms with E-state index in [1.165, 1.54) is 25.6 Å². The summed E-state index contributed by atoms with van der Waals surface area (Å²) in [7, 11) is 1.23. The Balaban J connectivity index is 2.38. The molecule has 6 nitrogen and oxygen atoms in total. The minimum atomic E-state index is -0.948. The third-order valence-corrected chi connectivity index (χ3v) is 3.61. The monoisotopic (exact) mass is 345 g/mol. The van der Waals surface area contributed by atoms with Gasteiger partial charge in [0.05, 0.1) is 19.0 Å². The smallest absolute Gasteiger partial charge is 0.328 e. The molecule has 1 amide bonds. The number of aromatic amines is 1. The highest BCUT2D eigenvalue weighted by Crippen LogP contribution is 2.17. The van der Waals surface area contributed by atoms with Gasteiger partial charge in [-0.2, -0.15) is 0 Å². The first-order valence-corrected chi connectivity index (χ1v) is 7.47. The third kappa shape index (κ3) is 3.93. The zero-order chi connectivity index (χ0) is 19.1. The molecule has 2 N–H and O–H groups in total. The number of imidazole rings is 1. The van der Waals surface area contributed by atoms with Gasteiger partial charge in [-0.25, -0.2) is 9.78 Å². The molecule has 26 heavy (non-hydrogen) atoms. The molecule has 1 aromatic heterocycles. The minimum Gasteiger partial charge on any atom is -0.467 e. The normalized spacial score (nSPS) is 10.7. The number of carbonyl (C=O) groups is 2. The maximum Gasteiger partial charge on any atom is 0.328 e. The van der Waals surface area contributed by atoms with Crippen molar-refractivity contribution in [3.8, 4) is 37.0 Å². The van der Waals surface area contributed by atoms with Gasteiger partial charge < -0.3 is 15.0 Å². The average Bonchev–Trinajstić information content (AvgIpc) is 3.18. The van der Waals surface area contributed by atoms with Crippen molar-refractivity contribution in [2.24, 2.45) is 0 Å². The number of nitrogens with one attached hydrogen (secondary N) is 2. The molecular weight excluding hydrogens is 330 g/mol. The van der Waals surface area contributed by atoms with Crippen LogP contribution in [0.2, 0.25) is 0 Å². The molecule has 2 aromatic rings. The SMILES string of the molecule is C#Cc1cc(C#C)c(C(=O)N[C@H](Cc2cnc[nH]2)C(=O)OC)c(C#C)c1. The Bertz CT molecular complexity index is 919. The van der Waals surface area contributed by atoms with Crippen molar-refractivity contribution in [3.05, 3.63) is 52.6 Å². The van der Waals surface area contributed by atoms with Gasteiger partial charge in [-0.05, 0) is 12.1 Å². The van der Waals surface area contributed by atoms with Crippen LogP contribution in [0.4, 0.5) is 0 Å². The minimum absolute atomic E-state index is 0.104. The number of terminal acetylenes is 3. The van der Waals surface area contributed by atoms with E-state index in [9.17, 15) is 9.59 Å². The van der Waals surface area contributed by atoms with E-state index < -0.39 is 17.9 Å². The van der Waals surface area contributed by atoms with Gasteiger partial charge in [0.25, 0.3) is 5.91 Å². The predicted octanol–water partition coefficient (Wildman–Crippen LogP) is 0.868. The Morgan fingerprint density at radius 2 is 1.88 bits per heavy atom. The second-order valence-electron chi connectivity index (χ2n) is 5.21. The zero-order valence-corrected chi connectivity index (χ0v) is 14.0. The number of nitrogens with zero attached hydrogens (tertiary/aromatic N) is 1. The van der Waals surface area contributed by atoms with Gasteiger partial charge in [0.1, 0.15) is 6.04 Å². The number of H-pyrrole nitrogens is 1. The number of ether oxygens (including phenoxy) is 1. The van der Waals surface area contributed by atoms with Crippen LogP contribution in [0.1, 0.15) is 32.7 Å². The number of rotatable bonds is 5. The van der Waals surface area contributed by atoms with Crippen LogP contribution in [-0.4, -0.2) is 35.0 Å².